The molecule has 2 N–H and O–H groups in total. The quantitative estimate of drug-likeness (QED) is 0.341. The number of nitrogens with two attached hydrogens (primary N) is 1. The maximum absolute atomic E-state index is 5.52. The van der Waals surface area contributed by atoms with Crippen molar-refractivity contribution in [1.82, 2.24) is 0 Å². The Morgan fingerprint density at radius 3 is 2.24 bits per heavy atom. The molecule has 0 aliphatic rings. The Balaban J connectivity index is 3.46. The lowest BCUT2D eigenvalue weighted by Gasteiger charge is -2.10. The third-order valence-electron chi connectivity index (χ3n) is 1.79. The standard InChI is InChI=1S/C13H23NO3/c1-4-6-13(12(3)14)17-11-10-16-9-8-15-7-5-2/h4,6H,1,3,5,7-11,14H2,2H3/b13-6+. The van der Waals surface area contributed by atoms with Crippen molar-refractivity contribution in [2.75, 3.05) is 33.0 Å². The van der Waals surface area contributed by atoms with E-state index in [2.05, 4.69) is 20.1 Å². The summed E-state index contributed by atoms with van der Waals surface area (Å²) in [6.07, 6.45) is 4.30. The van der Waals surface area contributed by atoms with E-state index in [1.807, 2.05) is 0 Å². The van der Waals surface area contributed by atoms with Gasteiger partial charge in [0.1, 0.15) is 12.4 Å². The van der Waals surface area contributed by atoms with Crippen LogP contribution in [-0.4, -0.2) is 33.0 Å². The average molecular weight is 241 g/mol. The topological polar surface area (TPSA) is 53.7 Å². The van der Waals surface area contributed by atoms with Gasteiger partial charge in [0.05, 0.1) is 25.5 Å². The van der Waals surface area contributed by atoms with Crippen LogP contribution in [0.1, 0.15) is 13.3 Å². The summed E-state index contributed by atoms with van der Waals surface area (Å²) in [5.74, 6) is 0.533. The van der Waals surface area contributed by atoms with Gasteiger partial charge in [-0.15, -0.1) is 0 Å². The summed E-state index contributed by atoms with van der Waals surface area (Å²) in [6.45, 7) is 12.1. The number of rotatable bonds is 11. The Morgan fingerprint density at radius 1 is 1.12 bits per heavy atom. The van der Waals surface area contributed by atoms with Crippen LogP contribution in [0.3, 0.4) is 0 Å². The first-order valence-corrected chi connectivity index (χ1v) is 5.78. The van der Waals surface area contributed by atoms with Crippen molar-refractivity contribution in [3.63, 3.8) is 0 Å². The molecule has 98 valence electrons. The highest BCUT2D eigenvalue weighted by Crippen LogP contribution is 2.03. The van der Waals surface area contributed by atoms with Gasteiger partial charge in [0.15, 0.2) is 0 Å². The zero-order valence-corrected chi connectivity index (χ0v) is 10.6. The highest BCUT2D eigenvalue weighted by Gasteiger charge is 1.98. The summed E-state index contributed by atoms with van der Waals surface area (Å²) in [5.41, 5.74) is 5.91. The van der Waals surface area contributed by atoms with Gasteiger partial charge < -0.3 is 19.9 Å². The summed E-state index contributed by atoms with van der Waals surface area (Å²) >= 11 is 0. The van der Waals surface area contributed by atoms with E-state index in [9.17, 15) is 0 Å². The molecule has 0 heterocycles. The normalized spacial score (nSPS) is 11.2. The zero-order valence-electron chi connectivity index (χ0n) is 10.6. The zero-order chi connectivity index (χ0) is 12.9. The first-order valence-electron chi connectivity index (χ1n) is 5.78. The molecule has 0 radical (unpaired) electrons. The summed E-state index contributed by atoms with van der Waals surface area (Å²) in [4.78, 5) is 0. The van der Waals surface area contributed by atoms with E-state index in [1.165, 1.54) is 0 Å². The fraction of sp³-hybridized carbons (Fsp3) is 0.538. The lowest BCUT2D eigenvalue weighted by molar-refractivity contribution is 0.0280. The molecule has 0 aromatic rings. The minimum absolute atomic E-state index is 0.385. The molecule has 17 heavy (non-hydrogen) atoms. The van der Waals surface area contributed by atoms with Crippen molar-refractivity contribution in [3.05, 3.63) is 36.8 Å². The van der Waals surface area contributed by atoms with Crippen molar-refractivity contribution in [3.8, 4) is 0 Å². The van der Waals surface area contributed by atoms with Crippen LogP contribution >= 0.6 is 0 Å². The molecule has 4 heteroatoms. The van der Waals surface area contributed by atoms with Crippen LogP contribution in [0.5, 0.6) is 0 Å². The van der Waals surface area contributed by atoms with Crippen LogP contribution in [0.15, 0.2) is 36.8 Å². The van der Waals surface area contributed by atoms with E-state index < -0.39 is 0 Å². The maximum atomic E-state index is 5.52. The molecular weight excluding hydrogens is 218 g/mol. The van der Waals surface area contributed by atoms with E-state index in [-0.39, 0.29) is 0 Å². The van der Waals surface area contributed by atoms with E-state index in [4.69, 9.17) is 19.9 Å². The molecule has 0 atom stereocenters. The van der Waals surface area contributed by atoms with Gasteiger partial charge in [-0.2, -0.15) is 0 Å². The number of hydrogen-bond donors (Lipinski definition) is 1. The van der Waals surface area contributed by atoms with Crippen LogP contribution in [0.2, 0.25) is 0 Å². The van der Waals surface area contributed by atoms with E-state index in [1.54, 1.807) is 12.2 Å². The third-order valence-corrected chi connectivity index (χ3v) is 1.79. The summed E-state index contributed by atoms with van der Waals surface area (Å²) in [5, 5.41) is 0. The Labute approximate surface area is 104 Å². The van der Waals surface area contributed by atoms with Gasteiger partial charge in [-0.05, 0) is 12.5 Å². The second-order valence-corrected chi connectivity index (χ2v) is 3.37. The molecule has 0 bridgehead atoms. The molecule has 0 spiro atoms. The Kier molecular flexibility index (Phi) is 10.4. The van der Waals surface area contributed by atoms with Gasteiger partial charge in [-0.3, -0.25) is 0 Å². The van der Waals surface area contributed by atoms with Crippen molar-refractivity contribution >= 4 is 0 Å². The van der Waals surface area contributed by atoms with Crippen molar-refractivity contribution in [2.24, 2.45) is 5.73 Å². The van der Waals surface area contributed by atoms with Crippen LogP contribution in [0.25, 0.3) is 0 Å². The minimum atomic E-state index is 0.385. The molecule has 0 saturated heterocycles. The molecule has 0 rings (SSSR count). The lowest BCUT2D eigenvalue weighted by atomic mass is 10.3. The highest BCUT2D eigenvalue weighted by atomic mass is 16.5. The lowest BCUT2D eigenvalue weighted by Crippen LogP contribution is -2.11. The molecule has 0 fully saturated rings. The first kappa shape index (κ1) is 15.7. The summed E-state index contributed by atoms with van der Waals surface area (Å²) in [6, 6.07) is 0. The molecule has 0 unspecified atom stereocenters. The summed E-state index contributed by atoms with van der Waals surface area (Å²) < 4.78 is 15.9. The highest BCUT2D eigenvalue weighted by molar-refractivity contribution is 5.22. The second-order valence-electron chi connectivity index (χ2n) is 3.37. The monoisotopic (exact) mass is 241 g/mol. The van der Waals surface area contributed by atoms with Crippen molar-refractivity contribution in [2.45, 2.75) is 13.3 Å². The predicted molar refractivity (Wildman–Crippen MR) is 69.5 cm³/mol. The Morgan fingerprint density at radius 2 is 1.71 bits per heavy atom. The fourth-order valence-corrected chi connectivity index (χ4v) is 1.03. The van der Waals surface area contributed by atoms with Crippen molar-refractivity contribution < 1.29 is 14.2 Å². The number of allylic oxidation sites excluding steroid dienone is 2. The minimum Gasteiger partial charge on any atom is -0.489 e. The fourth-order valence-electron chi connectivity index (χ4n) is 1.03. The molecule has 0 saturated carbocycles. The van der Waals surface area contributed by atoms with Crippen LogP contribution in [0.4, 0.5) is 0 Å². The number of ether oxygens (including phenoxy) is 3. The van der Waals surface area contributed by atoms with Gasteiger partial charge >= 0.3 is 0 Å². The largest absolute Gasteiger partial charge is 0.489 e. The average Bonchev–Trinajstić information content (AvgIpc) is 2.31. The van der Waals surface area contributed by atoms with Gasteiger partial charge in [-0.1, -0.05) is 26.2 Å². The molecule has 4 nitrogen and oxygen atoms in total. The summed E-state index contributed by atoms with van der Waals surface area (Å²) in [7, 11) is 0. The van der Waals surface area contributed by atoms with Gasteiger partial charge in [-0.25, -0.2) is 0 Å². The molecule has 0 aliphatic carbocycles. The first-order chi connectivity index (χ1) is 8.22. The van der Waals surface area contributed by atoms with Crippen molar-refractivity contribution in [1.29, 1.82) is 0 Å². The Bertz CT molecular complexity index is 249. The third kappa shape index (κ3) is 9.66. The van der Waals surface area contributed by atoms with Gasteiger partial charge in [0.25, 0.3) is 0 Å². The van der Waals surface area contributed by atoms with E-state index >= 15 is 0 Å². The van der Waals surface area contributed by atoms with Gasteiger partial charge in [0, 0.05) is 6.61 Å². The number of hydrogen-bond acceptors (Lipinski definition) is 4. The molecular formula is C13H23NO3. The predicted octanol–water partition coefficient (Wildman–Crippen LogP) is 1.99. The molecule has 0 aromatic heterocycles. The van der Waals surface area contributed by atoms with E-state index in [0.717, 1.165) is 13.0 Å². The molecule has 0 aromatic carbocycles. The second kappa shape index (κ2) is 11.2. The molecule has 0 aliphatic heterocycles. The van der Waals surface area contributed by atoms with E-state index in [0.29, 0.717) is 37.9 Å². The van der Waals surface area contributed by atoms with Gasteiger partial charge in [0.2, 0.25) is 0 Å². The van der Waals surface area contributed by atoms with Crippen LogP contribution in [0, 0.1) is 0 Å². The SMILES string of the molecule is C=C/C=C(/OCCOCCOCCC)C(=C)N. The smallest absolute Gasteiger partial charge is 0.141 e. The van der Waals surface area contributed by atoms with Crippen LogP contribution in [-0.2, 0) is 14.2 Å². The molecule has 0 amide bonds. The maximum Gasteiger partial charge on any atom is 0.141 e. The Hall–Kier alpha value is -1.26. The van der Waals surface area contributed by atoms with Crippen LogP contribution < -0.4 is 5.73 Å².